The van der Waals surface area contributed by atoms with Crippen LogP contribution in [0.5, 0.6) is 5.75 Å². The molecule has 4 unspecified atom stereocenters. The van der Waals surface area contributed by atoms with Gasteiger partial charge in [0.2, 0.25) is 0 Å². The Morgan fingerprint density at radius 2 is 1.83 bits per heavy atom. The second-order valence-electron chi connectivity index (χ2n) is 5.48. The van der Waals surface area contributed by atoms with Crippen LogP contribution in [-0.4, -0.2) is 18.4 Å². The Bertz CT molecular complexity index is 367. The summed E-state index contributed by atoms with van der Waals surface area (Å²) in [7, 11) is 1.70. The van der Waals surface area contributed by atoms with Crippen LogP contribution in [0.1, 0.15) is 26.7 Å². The molecule has 2 N–H and O–H groups in total. The third-order valence-corrected chi connectivity index (χ3v) is 5.39. The minimum Gasteiger partial charge on any atom is -0.497 e. The van der Waals surface area contributed by atoms with Crippen LogP contribution in [0.2, 0.25) is 0 Å². The fraction of sp³-hybridized carbons (Fsp3) is 0.600. The van der Waals surface area contributed by atoms with E-state index >= 15 is 0 Å². The molecule has 0 heterocycles. The van der Waals surface area contributed by atoms with Gasteiger partial charge in [0, 0.05) is 16.2 Å². The lowest BCUT2D eigenvalue weighted by Gasteiger charge is -2.37. The van der Waals surface area contributed by atoms with Gasteiger partial charge in [0.15, 0.2) is 0 Å². The number of benzene rings is 1. The van der Waals surface area contributed by atoms with Gasteiger partial charge in [-0.2, -0.15) is 0 Å². The highest BCUT2D eigenvalue weighted by atomic mass is 32.2. The minimum atomic E-state index is 0.316. The third kappa shape index (κ3) is 3.21. The van der Waals surface area contributed by atoms with Crippen molar-refractivity contribution in [2.24, 2.45) is 17.6 Å². The molecule has 1 fully saturated rings. The summed E-state index contributed by atoms with van der Waals surface area (Å²) in [5.41, 5.74) is 6.32. The number of rotatable bonds is 3. The summed E-state index contributed by atoms with van der Waals surface area (Å²) in [5, 5.41) is 0.537. The van der Waals surface area contributed by atoms with Crippen LogP contribution in [0.3, 0.4) is 0 Å². The Morgan fingerprint density at radius 3 is 2.39 bits per heavy atom. The average Bonchev–Trinajstić information content (AvgIpc) is 2.34. The number of nitrogens with two attached hydrogens (primary N) is 1. The number of thioether (sulfide) groups is 1. The van der Waals surface area contributed by atoms with Crippen molar-refractivity contribution < 1.29 is 4.74 Å². The highest BCUT2D eigenvalue weighted by Gasteiger charge is 2.32. The Balaban J connectivity index is 2.03. The highest BCUT2D eigenvalue weighted by Crippen LogP contribution is 2.39. The van der Waals surface area contributed by atoms with Crippen molar-refractivity contribution >= 4 is 11.8 Å². The first-order valence-electron chi connectivity index (χ1n) is 6.66. The van der Waals surface area contributed by atoms with Crippen molar-refractivity contribution in [2.75, 3.05) is 7.11 Å². The van der Waals surface area contributed by atoms with E-state index < -0.39 is 0 Å². The maximum absolute atomic E-state index is 6.32. The van der Waals surface area contributed by atoms with E-state index in [2.05, 4.69) is 26.0 Å². The largest absolute Gasteiger partial charge is 0.497 e. The SMILES string of the molecule is COc1ccc(SC2C(C)CC(C)CC2N)cc1. The van der Waals surface area contributed by atoms with Crippen LogP contribution >= 0.6 is 11.8 Å². The van der Waals surface area contributed by atoms with E-state index in [1.165, 1.54) is 11.3 Å². The molecular formula is C15H23NOS. The Labute approximate surface area is 114 Å². The van der Waals surface area contributed by atoms with Crippen LogP contribution in [-0.2, 0) is 0 Å². The van der Waals surface area contributed by atoms with Crippen LogP contribution in [0.4, 0.5) is 0 Å². The molecule has 0 radical (unpaired) electrons. The predicted molar refractivity (Wildman–Crippen MR) is 78.2 cm³/mol. The molecule has 0 aromatic heterocycles. The molecule has 0 spiro atoms. The maximum Gasteiger partial charge on any atom is 0.118 e. The first kappa shape index (κ1) is 13.8. The van der Waals surface area contributed by atoms with E-state index in [0.29, 0.717) is 17.2 Å². The fourth-order valence-electron chi connectivity index (χ4n) is 2.90. The topological polar surface area (TPSA) is 35.2 Å². The molecule has 0 amide bonds. The Morgan fingerprint density at radius 1 is 1.17 bits per heavy atom. The molecule has 1 aromatic rings. The number of hydrogen-bond donors (Lipinski definition) is 1. The molecule has 4 atom stereocenters. The number of hydrogen-bond acceptors (Lipinski definition) is 3. The van der Waals surface area contributed by atoms with E-state index in [1.54, 1.807) is 7.11 Å². The maximum atomic E-state index is 6.32. The van der Waals surface area contributed by atoms with Gasteiger partial charge < -0.3 is 10.5 Å². The first-order chi connectivity index (χ1) is 8.60. The smallest absolute Gasteiger partial charge is 0.118 e. The molecule has 1 aliphatic carbocycles. The average molecular weight is 265 g/mol. The second-order valence-corrected chi connectivity index (χ2v) is 6.73. The van der Waals surface area contributed by atoms with Crippen molar-refractivity contribution in [1.29, 1.82) is 0 Å². The third-order valence-electron chi connectivity index (χ3n) is 3.76. The molecule has 18 heavy (non-hydrogen) atoms. The summed E-state index contributed by atoms with van der Waals surface area (Å²) in [6, 6.07) is 8.60. The summed E-state index contributed by atoms with van der Waals surface area (Å²) in [6.07, 6.45) is 2.44. The van der Waals surface area contributed by atoms with Gasteiger partial charge in [0.25, 0.3) is 0 Å². The van der Waals surface area contributed by atoms with Gasteiger partial charge in [-0.3, -0.25) is 0 Å². The van der Waals surface area contributed by atoms with Gasteiger partial charge in [-0.1, -0.05) is 13.8 Å². The lowest BCUT2D eigenvalue weighted by atomic mass is 9.80. The Hall–Kier alpha value is -0.670. The molecule has 2 nitrogen and oxygen atoms in total. The Kier molecular flexibility index (Phi) is 4.57. The summed E-state index contributed by atoms with van der Waals surface area (Å²) >= 11 is 1.92. The molecular weight excluding hydrogens is 242 g/mol. The molecule has 0 bridgehead atoms. The zero-order chi connectivity index (χ0) is 13.1. The van der Waals surface area contributed by atoms with Crippen molar-refractivity contribution in [2.45, 2.75) is 42.9 Å². The predicted octanol–water partition coefficient (Wildman–Crippen LogP) is 3.55. The molecule has 0 saturated heterocycles. The standard InChI is InChI=1S/C15H23NOS/c1-10-8-11(2)15(14(16)9-10)18-13-6-4-12(17-3)5-7-13/h4-7,10-11,14-15H,8-9,16H2,1-3H3. The molecule has 1 aliphatic rings. The zero-order valence-electron chi connectivity index (χ0n) is 11.4. The van der Waals surface area contributed by atoms with E-state index in [-0.39, 0.29) is 0 Å². The fourth-order valence-corrected chi connectivity index (χ4v) is 4.14. The van der Waals surface area contributed by atoms with Crippen LogP contribution in [0, 0.1) is 11.8 Å². The monoisotopic (exact) mass is 265 g/mol. The molecule has 1 aromatic carbocycles. The molecule has 2 rings (SSSR count). The van der Waals surface area contributed by atoms with E-state index in [4.69, 9.17) is 10.5 Å². The van der Waals surface area contributed by atoms with E-state index in [0.717, 1.165) is 18.1 Å². The van der Waals surface area contributed by atoms with Crippen molar-refractivity contribution in [3.05, 3.63) is 24.3 Å². The zero-order valence-corrected chi connectivity index (χ0v) is 12.2. The highest BCUT2D eigenvalue weighted by molar-refractivity contribution is 8.00. The van der Waals surface area contributed by atoms with Crippen LogP contribution < -0.4 is 10.5 Å². The summed E-state index contributed by atoms with van der Waals surface area (Å²) in [5.74, 6) is 2.37. The van der Waals surface area contributed by atoms with Gasteiger partial charge in [-0.25, -0.2) is 0 Å². The number of ether oxygens (including phenoxy) is 1. The van der Waals surface area contributed by atoms with E-state index in [9.17, 15) is 0 Å². The van der Waals surface area contributed by atoms with Gasteiger partial charge >= 0.3 is 0 Å². The van der Waals surface area contributed by atoms with Crippen molar-refractivity contribution in [3.63, 3.8) is 0 Å². The minimum absolute atomic E-state index is 0.316. The van der Waals surface area contributed by atoms with Gasteiger partial charge in [-0.15, -0.1) is 11.8 Å². The van der Waals surface area contributed by atoms with Crippen LogP contribution in [0.15, 0.2) is 29.2 Å². The van der Waals surface area contributed by atoms with Crippen LogP contribution in [0.25, 0.3) is 0 Å². The molecule has 3 heteroatoms. The summed E-state index contributed by atoms with van der Waals surface area (Å²) in [4.78, 5) is 1.29. The second kappa shape index (κ2) is 5.98. The van der Waals surface area contributed by atoms with Gasteiger partial charge in [0.1, 0.15) is 5.75 Å². The van der Waals surface area contributed by atoms with Crippen molar-refractivity contribution in [1.82, 2.24) is 0 Å². The van der Waals surface area contributed by atoms with E-state index in [1.807, 2.05) is 23.9 Å². The quantitative estimate of drug-likeness (QED) is 0.907. The normalized spacial score (nSPS) is 32.2. The summed E-state index contributed by atoms with van der Waals surface area (Å²) < 4.78 is 5.18. The van der Waals surface area contributed by atoms with Crippen molar-refractivity contribution in [3.8, 4) is 5.75 Å². The first-order valence-corrected chi connectivity index (χ1v) is 7.54. The molecule has 0 aliphatic heterocycles. The molecule has 1 saturated carbocycles. The summed E-state index contributed by atoms with van der Waals surface area (Å²) in [6.45, 7) is 4.64. The van der Waals surface area contributed by atoms with Gasteiger partial charge in [-0.05, 0) is 48.9 Å². The lowest BCUT2D eigenvalue weighted by molar-refractivity contribution is 0.279. The van der Waals surface area contributed by atoms with Gasteiger partial charge in [0.05, 0.1) is 7.11 Å². The lowest BCUT2D eigenvalue weighted by Crippen LogP contribution is -2.42. The number of methoxy groups -OCH3 is 1. The molecule has 100 valence electrons.